The second kappa shape index (κ2) is 6.23. The zero-order valence-electron chi connectivity index (χ0n) is 11.6. The number of nitrogens with zero attached hydrogens (tertiary/aromatic N) is 2. The normalized spacial score (nSPS) is 27.5. The fourth-order valence-electron chi connectivity index (χ4n) is 2.89. The van der Waals surface area contributed by atoms with Gasteiger partial charge >= 0.3 is 6.03 Å². The number of carbonyl (C=O) groups excluding carboxylic acids is 2. The molecule has 3 amide bonds. The van der Waals surface area contributed by atoms with Crippen LogP contribution >= 0.6 is 0 Å². The summed E-state index contributed by atoms with van der Waals surface area (Å²) in [5.41, 5.74) is 5.86. The van der Waals surface area contributed by atoms with E-state index < -0.39 is 0 Å². The molecule has 1 heterocycles. The number of carbonyl (C=O) groups is 2. The van der Waals surface area contributed by atoms with Crippen LogP contribution in [0.5, 0.6) is 0 Å². The Bertz CT molecular complexity index is 340. The van der Waals surface area contributed by atoms with E-state index in [1.54, 1.807) is 4.90 Å². The molecule has 1 aliphatic carbocycles. The quantitative estimate of drug-likeness (QED) is 0.739. The first-order valence-electron chi connectivity index (χ1n) is 7.19. The van der Waals surface area contributed by atoms with Gasteiger partial charge in [0.15, 0.2) is 0 Å². The maximum Gasteiger partial charge on any atom is 0.317 e. The van der Waals surface area contributed by atoms with E-state index in [2.05, 4.69) is 5.32 Å². The molecule has 1 saturated heterocycles. The third-order valence-corrected chi connectivity index (χ3v) is 4.03. The van der Waals surface area contributed by atoms with E-state index in [0.29, 0.717) is 32.7 Å². The van der Waals surface area contributed by atoms with Gasteiger partial charge in [0.25, 0.3) is 0 Å². The minimum Gasteiger partial charge on any atom is -0.339 e. The SMILES string of the molecule is CCNC(=O)N1CCN(C(=O)C2CCC(N)C2)CC1. The van der Waals surface area contributed by atoms with E-state index in [9.17, 15) is 9.59 Å². The summed E-state index contributed by atoms with van der Waals surface area (Å²) < 4.78 is 0. The van der Waals surface area contributed by atoms with Crippen LogP contribution < -0.4 is 11.1 Å². The van der Waals surface area contributed by atoms with E-state index in [-0.39, 0.29) is 23.9 Å². The third kappa shape index (κ3) is 3.37. The summed E-state index contributed by atoms with van der Waals surface area (Å²) in [5, 5.41) is 2.79. The van der Waals surface area contributed by atoms with Crippen molar-refractivity contribution in [3.05, 3.63) is 0 Å². The Hall–Kier alpha value is -1.30. The van der Waals surface area contributed by atoms with Gasteiger partial charge in [-0.3, -0.25) is 4.79 Å². The summed E-state index contributed by atoms with van der Waals surface area (Å²) in [5.74, 6) is 0.328. The molecule has 6 heteroatoms. The molecule has 2 rings (SSSR count). The minimum atomic E-state index is -0.0301. The summed E-state index contributed by atoms with van der Waals surface area (Å²) in [4.78, 5) is 27.6. The Morgan fingerprint density at radius 2 is 1.79 bits per heavy atom. The van der Waals surface area contributed by atoms with Crippen LogP contribution in [0.1, 0.15) is 26.2 Å². The molecular weight excluding hydrogens is 244 g/mol. The molecule has 0 aromatic carbocycles. The Morgan fingerprint density at radius 1 is 1.16 bits per heavy atom. The third-order valence-electron chi connectivity index (χ3n) is 4.03. The highest BCUT2D eigenvalue weighted by atomic mass is 16.2. The van der Waals surface area contributed by atoms with Gasteiger partial charge in [-0.2, -0.15) is 0 Å². The number of urea groups is 1. The molecule has 108 valence electrons. The first kappa shape index (κ1) is 14.1. The van der Waals surface area contributed by atoms with Crippen LogP contribution in [0.4, 0.5) is 4.79 Å². The van der Waals surface area contributed by atoms with Crippen LogP contribution in [0.25, 0.3) is 0 Å². The predicted octanol–water partition coefficient (Wildman–Crippen LogP) is -0.0125. The molecule has 2 fully saturated rings. The molecule has 0 aromatic rings. The number of nitrogens with one attached hydrogen (secondary N) is 1. The van der Waals surface area contributed by atoms with Gasteiger partial charge in [0.2, 0.25) is 5.91 Å². The number of piperazine rings is 1. The van der Waals surface area contributed by atoms with Gasteiger partial charge in [0.05, 0.1) is 0 Å². The van der Waals surface area contributed by atoms with Crippen molar-refractivity contribution in [1.29, 1.82) is 0 Å². The highest BCUT2D eigenvalue weighted by Gasteiger charge is 2.32. The van der Waals surface area contributed by atoms with Gasteiger partial charge < -0.3 is 20.9 Å². The summed E-state index contributed by atoms with van der Waals surface area (Å²) in [7, 11) is 0. The van der Waals surface area contributed by atoms with Gasteiger partial charge in [0.1, 0.15) is 0 Å². The standard InChI is InChI=1S/C13H24N4O2/c1-2-15-13(19)17-7-5-16(6-8-17)12(18)10-3-4-11(14)9-10/h10-11H,2-9,14H2,1H3,(H,15,19). The molecule has 1 aliphatic heterocycles. The van der Waals surface area contributed by atoms with Crippen LogP contribution in [0.2, 0.25) is 0 Å². The van der Waals surface area contributed by atoms with Crippen molar-refractivity contribution in [1.82, 2.24) is 15.1 Å². The van der Waals surface area contributed by atoms with Crippen LogP contribution in [0, 0.1) is 5.92 Å². The molecule has 3 N–H and O–H groups in total. The van der Waals surface area contributed by atoms with Crippen LogP contribution in [-0.2, 0) is 4.79 Å². The lowest BCUT2D eigenvalue weighted by atomic mass is 10.1. The Morgan fingerprint density at radius 3 is 2.32 bits per heavy atom. The fourth-order valence-corrected chi connectivity index (χ4v) is 2.89. The molecular formula is C13H24N4O2. The van der Waals surface area contributed by atoms with Crippen molar-refractivity contribution in [3.63, 3.8) is 0 Å². The van der Waals surface area contributed by atoms with Gasteiger partial charge in [-0.1, -0.05) is 0 Å². The Labute approximate surface area is 114 Å². The van der Waals surface area contributed by atoms with Crippen molar-refractivity contribution < 1.29 is 9.59 Å². The molecule has 1 saturated carbocycles. The molecule has 2 atom stereocenters. The van der Waals surface area contributed by atoms with Crippen LogP contribution in [0.15, 0.2) is 0 Å². The second-order valence-electron chi connectivity index (χ2n) is 5.42. The molecule has 0 aromatic heterocycles. The predicted molar refractivity (Wildman–Crippen MR) is 72.5 cm³/mol. The van der Waals surface area contributed by atoms with E-state index in [1.807, 2.05) is 11.8 Å². The van der Waals surface area contributed by atoms with Crippen molar-refractivity contribution >= 4 is 11.9 Å². The van der Waals surface area contributed by atoms with Crippen molar-refractivity contribution in [2.75, 3.05) is 32.7 Å². The fraction of sp³-hybridized carbons (Fsp3) is 0.846. The molecule has 0 spiro atoms. The largest absolute Gasteiger partial charge is 0.339 e. The Kier molecular flexibility index (Phi) is 4.63. The summed E-state index contributed by atoms with van der Waals surface area (Å²) in [6, 6.07) is 0.156. The van der Waals surface area contributed by atoms with E-state index in [0.717, 1.165) is 19.3 Å². The number of hydrogen-bond acceptors (Lipinski definition) is 3. The second-order valence-corrected chi connectivity index (χ2v) is 5.42. The van der Waals surface area contributed by atoms with Crippen molar-refractivity contribution in [2.45, 2.75) is 32.2 Å². The average molecular weight is 268 g/mol. The molecule has 6 nitrogen and oxygen atoms in total. The van der Waals surface area contributed by atoms with E-state index in [4.69, 9.17) is 5.73 Å². The monoisotopic (exact) mass is 268 g/mol. The highest BCUT2D eigenvalue weighted by Crippen LogP contribution is 2.26. The molecule has 0 radical (unpaired) electrons. The maximum atomic E-state index is 12.3. The number of hydrogen-bond donors (Lipinski definition) is 2. The van der Waals surface area contributed by atoms with E-state index in [1.165, 1.54) is 0 Å². The lowest BCUT2D eigenvalue weighted by Crippen LogP contribution is -2.54. The first-order chi connectivity index (χ1) is 9.11. The average Bonchev–Trinajstić information content (AvgIpc) is 2.85. The van der Waals surface area contributed by atoms with Crippen molar-refractivity contribution in [3.8, 4) is 0 Å². The molecule has 2 unspecified atom stereocenters. The Balaban J connectivity index is 1.79. The van der Waals surface area contributed by atoms with Crippen LogP contribution in [-0.4, -0.2) is 60.5 Å². The van der Waals surface area contributed by atoms with Gasteiger partial charge in [0, 0.05) is 44.7 Å². The zero-order valence-corrected chi connectivity index (χ0v) is 11.6. The van der Waals surface area contributed by atoms with Gasteiger partial charge in [-0.05, 0) is 26.2 Å². The summed E-state index contributed by atoms with van der Waals surface area (Å²) in [6.45, 7) is 5.06. The molecule has 2 aliphatic rings. The first-order valence-corrected chi connectivity index (χ1v) is 7.19. The van der Waals surface area contributed by atoms with Crippen molar-refractivity contribution in [2.24, 2.45) is 11.7 Å². The summed E-state index contributed by atoms with van der Waals surface area (Å²) in [6.07, 6.45) is 2.68. The number of rotatable bonds is 2. The smallest absolute Gasteiger partial charge is 0.317 e. The number of amides is 3. The van der Waals surface area contributed by atoms with Gasteiger partial charge in [-0.15, -0.1) is 0 Å². The van der Waals surface area contributed by atoms with E-state index >= 15 is 0 Å². The maximum absolute atomic E-state index is 12.3. The lowest BCUT2D eigenvalue weighted by Gasteiger charge is -2.35. The van der Waals surface area contributed by atoms with Crippen LogP contribution in [0.3, 0.4) is 0 Å². The van der Waals surface area contributed by atoms with Gasteiger partial charge in [-0.25, -0.2) is 4.79 Å². The highest BCUT2D eigenvalue weighted by molar-refractivity contribution is 5.80. The lowest BCUT2D eigenvalue weighted by molar-refractivity contribution is -0.136. The summed E-state index contributed by atoms with van der Waals surface area (Å²) >= 11 is 0. The zero-order chi connectivity index (χ0) is 13.8. The number of nitrogens with two attached hydrogens (primary N) is 1. The molecule has 19 heavy (non-hydrogen) atoms. The topological polar surface area (TPSA) is 78.7 Å². The minimum absolute atomic E-state index is 0.0301. The molecule has 0 bridgehead atoms.